The molecule has 4 aromatic rings. The number of nitrogens with zero attached hydrogens (tertiary/aromatic N) is 3. The number of phenolic OH excluding ortho intramolecular Hbond substituents is 1. The lowest BCUT2D eigenvalue weighted by atomic mass is 9.98. The molecule has 2 aliphatic heterocycles. The molecule has 10 heteroatoms. The van der Waals surface area contributed by atoms with Gasteiger partial charge in [-0.3, -0.25) is 10.00 Å². The molecular formula is C27H29ClFN5O3. The monoisotopic (exact) mass is 525 g/mol. The van der Waals surface area contributed by atoms with Crippen molar-refractivity contribution in [2.45, 2.75) is 50.7 Å². The minimum Gasteiger partial charge on any atom is -0.506 e. The molecule has 2 unspecified atom stereocenters. The average Bonchev–Trinajstić information content (AvgIpc) is 3.36. The topological polar surface area (TPSA) is 110 Å². The molecule has 2 aromatic heterocycles. The summed E-state index contributed by atoms with van der Waals surface area (Å²) in [4.78, 5) is 7.16. The van der Waals surface area contributed by atoms with Crippen LogP contribution in [0.3, 0.4) is 0 Å². The minimum absolute atomic E-state index is 0.0638. The third-order valence-corrected chi connectivity index (χ3v) is 8.09. The Balaban J connectivity index is 1.43. The van der Waals surface area contributed by atoms with Crippen LogP contribution in [0.4, 0.5) is 4.39 Å². The molecule has 2 bridgehead atoms. The molecule has 2 atom stereocenters. The van der Waals surface area contributed by atoms with E-state index in [0.717, 1.165) is 19.4 Å². The fraction of sp³-hybridized carbons (Fsp3) is 0.407. The molecule has 2 aliphatic rings. The molecule has 8 nitrogen and oxygen atoms in total. The fourth-order valence-electron chi connectivity index (χ4n) is 6.16. The average molecular weight is 526 g/mol. The van der Waals surface area contributed by atoms with Crippen LogP contribution in [-0.2, 0) is 0 Å². The van der Waals surface area contributed by atoms with Crippen molar-refractivity contribution in [2.75, 3.05) is 20.3 Å². The van der Waals surface area contributed by atoms with E-state index < -0.39 is 5.82 Å². The Kier molecular flexibility index (Phi) is 6.09. The maximum absolute atomic E-state index is 15.9. The van der Waals surface area contributed by atoms with E-state index in [0.29, 0.717) is 63.6 Å². The number of fused-ring (bicyclic) bond motifs is 5. The molecule has 37 heavy (non-hydrogen) atoms. The summed E-state index contributed by atoms with van der Waals surface area (Å²) in [6.45, 7) is 2.99. The number of hydrogen-bond donors (Lipinski definition) is 3. The maximum atomic E-state index is 15.9. The molecule has 2 fully saturated rings. The van der Waals surface area contributed by atoms with Crippen LogP contribution in [0.25, 0.3) is 33.1 Å². The van der Waals surface area contributed by atoms with Crippen LogP contribution in [0.5, 0.6) is 17.2 Å². The number of nitrogens with one attached hydrogen (secondary N) is 1. The largest absolute Gasteiger partial charge is 0.506 e. The Morgan fingerprint density at radius 1 is 1.19 bits per heavy atom. The molecule has 4 heterocycles. The van der Waals surface area contributed by atoms with E-state index in [-0.39, 0.29) is 22.2 Å². The van der Waals surface area contributed by atoms with Crippen molar-refractivity contribution in [3.63, 3.8) is 0 Å². The van der Waals surface area contributed by atoms with E-state index in [9.17, 15) is 5.11 Å². The van der Waals surface area contributed by atoms with Crippen molar-refractivity contribution in [3.8, 4) is 28.5 Å². The van der Waals surface area contributed by atoms with Gasteiger partial charge in [-0.05, 0) is 50.8 Å². The Morgan fingerprint density at radius 2 is 1.95 bits per heavy atom. The predicted octanol–water partition coefficient (Wildman–Crippen LogP) is 4.93. The number of methoxy groups -OCH3 is 1. The van der Waals surface area contributed by atoms with Crippen molar-refractivity contribution >= 4 is 33.4 Å². The first-order chi connectivity index (χ1) is 17.9. The number of pyridine rings is 1. The lowest BCUT2D eigenvalue weighted by Crippen LogP contribution is -2.48. The van der Waals surface area contributed by atoms with Gasteiger partial charge in [0.05, 0.1) is 28.9 Å². The van der Waals surface area contributed by atoms with E-state index in [2.05, 4.69) is 20.1 Å². The van der Waals surface area contributed by atoms with Crippen molar-refractivity contribution in [1.82, 2.24) is 20.1 Å². The number of H-pyrrole nitrogens is 1. The number of piperidine rings is 1. The molecule has 4 N–H and O–H groups in total. The van der Waals surface area contributed by atoms with Crippen LogP contribution in [0, 0.1) is 12.7 Å². The van der Waals surface area contributed by atoms with E-state index >= 15 is 4.39 Å². The quantitative estimate of drug-likeness (QED) is 0.327. The van der Waals surface area contributed by atoms with Crippen molar-refractivity contribution in [1.29, 1.82) is 0 Å². The third-order valence-electron chi connectivity index (χ3n) is 7.79. The summed E-state index contributed by atoms with van der Waals surface area (Å²) in [5.41, 5.74) is 8.28. The molecule has 0 spiro atoms. The number of aromatic hydroxyl groups is 1. The van der Waals surface area contributed by atoms with Gasteiger partial charge in [0.2, 0.25) is 0 Å². The first-order valence-corrected chi connectivity index (χ1v) is 12.9. The van der Waals surface area contributed by atoms with Crippen LogP contribution in [0.1, 0.15) is 31.4 Å². The summed E-state index contributed by atoms with van der Waals surface area (Å²) in [7, 11) is 1.55. The van der Waals surface area contributed by atoms with Crippen molar-refractivity contribution in [2.24, 2.45) is 5.73 Å². The zero-order valence-electron chi connectivity index (χ0n) is 20.7. The highest BCUT2D eigenvalue weighted by Gasteiger charge is 2.39. The number of benzene rings is 2. The number of aromatic amines is 1. The third kappa shape index (κ3) is 4.05. The lowest BCUT2D eigenvalue weighted by Gasteiger charge is -2.37. The Labute approximate surface area is 218 Å². The molecule has 0 radical (unpaired) electrons. The van der Waals surface area contributed by atoms with Crippen LogP contribution in [0.2, 0.25) is 5.02 Å². The summed E-state index contributed by atoms with van der Waals surface area (Å²) < 4.78 is 27.9. The van der Waals surface area contributed by atoms with Crippen LogP contribution >= 0.6 is 11.6 Å². The van der Waals surface area contributed by atoms with Gasteiger partial charge in [-0.25, -0.2) is 9.37 Å². The number of nitrogens with two attached hydrogens (primary N) is 1. The van der Waals surface area contributed by atoms with Crippen LogP contribution < -0.4 is 15.2 Å². The molecule has 6 rings (SSSR count). The van der Waals surface area contributed by atoms with Gasteiger partial charge in [-0.2, -0.15) is 5.10 Å². The van der Waals surface area contributed by atoms with E-state index in [1.165, 1.54) is 25.0 Å². The van der Waals surface area contributed by atoms with E-state index in [1.807, 2.05) is 6.92 Å². The maximum Gasteiger partial charge on any atom is 0.169 e. The molecule has 2 aromatic carbocycles. The van der Waals surface area contributed by atoms with Gasteiger partial charge in [0, 0.05) is 47.1 Å². The van der Waals surface area contributed by atoms with Gasteiger partial charge in [0.25, 0.3) is 0 Å². The molecule has 2 saturated heterocycles. The van der Waals surface area contributed by atoms with Gasteiger partial charge in [0.1, 0.15) is 18.2 Å². The molecule has 0 aliphatic carbocycles. The number of rotatable bonds is 6. The number of aromatic nitrogens is 3. The molecular weight excluding hydrogens is 497 g/mol. The Bertz CT molecular complexity index is 1500. The number of ether oxygens (including phenoxy) is 2. The summed E-state index contributed by atoms with van der Waals surface area (Å²) in [6.07, 6.45) is 4.36. The second-order valence-electron chi connectivity index (χ2n) is 10.0. The summed E-state index contributed by atoms with van der Waals surface area (Å²) >= 11 is 6.17. The fourth-order valence-corrected chi connectivity index (χ4v) is 6.34. The first-order valence-electron chi connectivity index (χ1n) is 12.5. The SMILES string of the molecule is COc1c(OCCN2C3CCC2CC(N)C3)cc(F)c2c(-c3ccc(O)c(Cl)c3)nc3[nH]nc(C)c3c12. The van der Waals surface area contributed by atoms with Crippen molar-refractivity contribution in [3.05, 3.63) is 40.8 Å². The van der Waals surface area contributed by atoms with Crippen LogP contribution in [0.15, 0.2) is 24.3 Å². The summed E-state index contributed by atoms with van der Waals surface area (Å²) in [6, 6.07) is 7.28. The first kappa shape index (κ1) is 24.2. The second kappa shape index (κ2) is 9.31. The molecule has 0 saturated carbocycles. The highest BCUT2D eigenvalue weighted by Crippen LogP contribution is 2.45. The number of halogens is 2. The Morgan fingerprint density at radius 3 is 2.65 bits per heavy atom. The van der Waals surface area contributed by atoms with Crippen LogP contribution in [-0.4, -0.2) is 63.6 Å². The summed E-state index contributed by atoms with van der Waals surface area (Å²) in [5, 5.41) is 18.7. The highest BCUT2D eigenvalue weighted by atomic mass is 35.5. The number of hydrogen-bond acceptors (Lipinski definition) is 7. The minimum atomic E-state index is -0.496. The number of aryl methyl sites for hydroxylation is 1. The zero-order chi connectivity index (χ0) is 25.8. The van der Waals surface area contributed by atoms with Gasteiger partial charge < -0.3 is 20.3 Å². The predicted molar refractivity (Wildman–Crippen MR) is 141 cm³/mol. The van der Waals surface area contributed by atoms with Gasteiger partial charge in [0.15, 0.2) is 17.1 Å². The van der Waals surface area contributed by atoms with Gasteiger partial charge in [-0.15, -0.1) is 0 Å². The van der Waals surface area contributed by atoms with Gasteiger partial charge >= 0.3 is 0 Å². The molecule has 194 valence electrons. The molecule has 0 amide bonds. The normalized spacial score (nSPS) is 21.7. The van der Waals surface area contributed by atoms with E-state index in [4.69, 9.17) is 26.8 Å². The van der Waals surface area contributed by atoms with E-state index in [1.54, 1.807) is 19.2 Å². The lowest BCUT2D eigenvalue weighted by molar-refractivity contribution is 0.106. The Hall–Kier alpha value is -3.14. The smallest absolute Gasteiger partial charge is 0.169 e. The second-order valence-corrected chi connectivity index (χ2v) is 10.4. The highest BCUT2D eigenvalue weighted by molar-refractivity contribution is 6.32. The van der Waals surface area contributed by atoms with Crippen molar-refractivity contribution < 1.29 is 19.0 Å². The van der Waals surface area contributed by atoms with Gasteiger partial charge in [-0.1, -0.05) is 11.6 Å². The standard InChI is InChI=1S/C27H29ClFN5O3/c1-13-22-24-23(25(31-27(22)33-32-13)14-3-6-20(35)18(28)9-14)19(29)12-21(26(24)36-2)37-8-7-34-16-4-5-17(34)11-15(30)10-16/h3,6,9,12,15-17,35H,4-5,7-8,10-11,30H2,1-2H3,(H,31,32,33). The summed E-state index contributed by atoms with van der Waals surface area (Å²) in [5.74, 6) is 0.189. The number of phenols is 1. The zero-order valence-corrected chi connectivity index (χ0v) is 21.5.